The van der Waals surface area contributed by atoms with E-state index in [1.807, 2.05) is 25.1 Å². The molecule has 1 unspecified atom stereocenters. The third-order valence-corrected chi connectivity index (χ3v) is 3.31. The third-order valence-electron chi connectivity index (χ3n) is 3.31. The molecule has 3 rings (SSSR count). The van der Waals surface area contributed by atoms with Crippen LogP contribution >= 0.6 is 0 Å². The van der Waals surface area contributed by atoms with Crippen molar-refractivity contribution in [1.29, 1.82) is 0 Å². The first-order valence-corrected chi connectivity index (χ1v) is 7.64. The molecule has 1 aliphatic rings. The van der Waals surface area contributed by atoms with E-state index in [2.05, 4.69) is 25.6 Å². The maximum absolute atomic E-state index is 9.40. The van der Waals surface area contributed by atoms with Gasteiger partial charge >= 0.3 is 0 Å². The number of hydrogen-bond donors (Lipinski definition) is 3. The van der Waals surface area contributed by atoms with Crippen LogP contribution in [0.4, 0.5) is 11.8 Å². The van der Waals surface area contributed by atoms with Crippen LogP contribution in [0.3, 0.4) is 0 Å². The molecule has 0 saturated carbocycles. The van der Waals surface area contributed by atoms with Crippen molar-refractivity contribution in [3.05, 3.63) is 36.3 Å². The highest BCUT2D eigenvalue weighted by molar-refractivity contribution is 5.50. The van der Waals surface area contributed by atoms with E-state index in [1.54, 1.807) is 13.2 Å². The largest absolute Gasteiger partial charge is 0.503 e. The lowest BCUT2D eigenvalue weighted by Crippen LogP contribution is -2.30. The normalized spacial score (nSPS) is 16.9. The second-order valence-corrected chi connectivity index (χ2v) is 5.21. The van der Waals surface area contributed by atoms with Crippen molar-refractivity contribution >= 4 is 11.8 Å². The van der Waals surface area contributed by atoms with E-state index < -0.39 is 0 Å². The molecule has 1 fully saturated rings. The average Bonchev–Trinajstić information content (AvgIpc) is 2.59. The highest BCUT2D eigenvalue weighted by Gasteiger charge is 2.15. The number of rotatable bonds is 3. The Morgan fingerprint density at radius 2 is 2.17 bits per heavy atom. The molecule has 1 atom stereocenters. The SMILES string of the molecule is CNc1nc(NC2CCCOC2)ncc1O.Cc1ccccn1. The predicted molar refractivity (Wildman–Crippen MR) is 89.7 cm³/mol. The van der Waals surface area contributed by atoms with Gasteiger partial charge in [-0.1, -0.05) is 6.07 Å². The van der Waals surface area contributed by atoms with Crippen molar-refractivity contribution < 1.29 is 9.84 Å². The molecule has 0 amide bonds. The molecule has 124 valence electrons. The zero-order valence-corrected chi connectivity index (χ0v) is 13.5. The monoisotopic (exact) mass is 317 g/mol. The first-order chi connectivity index (χ1) is 11.2. The molecule has 0 bridgehead atoms. The van der Waals surface area contributed by atoms with Crippen LogP contribution in [0.2, 0.25) is 0 Å². The Hall–Kier alpha value is -2.41. The van der Waals surface area contributed by atoms with Crippen LogP contribution in [0, 0.1) is 6.92 Å². The molecular weight excluding hydrogens is 294 g/mol. The summed E-state index contributed by atoms with van der Waals surface area (Å²) in [6, 6.07) is 6.11. The Labute approximate surface area is 136 Å². The van der Waals surface area contributed by atoms with E-state index in [4.69, 9.17) is 4.74 Å². The van der Waals surface area contributed by atoms with E-state index in [9.17, 15) is 5.11 Å². The minimum absolute atomic E-state index is 0.0490. The van der Waals surface area contributed by atoms with Crippen LogP contribution in [0.5, 0.6) is 5.75 Å². The van der Waals surface area contributed by atoms with Gasteiger partial charge in [-0.2, -0.15) is 4.98 Å². The lowest BCUT2D eigenvalue weighted by molar-refractivity contribution is 0.0874. The van der Waals surface area contributed by atoms with Gasteiger partial charge in [0.05, 0.1) is 18.8 Å². The summed E-state index contributed by atoms with van der Waals surface area (Å²) in [5.74, 6) is 0.986. The Kier molecular flexibility index (Phi) is 6.56. The molecular formula is C16H23N5O2. The summed E-state index contributed by atoms with van der Waals surface area (Å²) in [6.07, 6.45) is 5.27. The van der Waals surface area contributed by atoms with Gasteiger partial charge in [0.2, 0.25) is 5.95 Å². The maximum Gasteiger partial charge on any atom is 0.225 e. The van der Waals surface area contributed by atoms with Crippen LogP contribution in [-0.2, 0) is 4.74 Å². The van der Waals surface area contributed by atoms with E-state index in [1.165, 1.54) is 6.20 Å². The molecule has 2 aromatic rings. The highest BCUT2D eigenvalue weighted by Crippen LogP contribution is 2.20. The van der Waals surface area contributed by atoms with Crippen molar-refractivity contribution in [1.82, 2.24) is 15.0 Å². The number of aromatic hydroxyl groups is 1. The molecule has 1 saturated heterocycles. The Bertz CT molecular complexity index is 588. The fourth-order valence-corrected chi connectivity index (χ4v) is 2.11. The molecule has 23 heavy (non-hydrogen) atoms. The van der Waals surface area contributed by atoms with Gasteiger partial charge < -0.3 is 20.5 Å². The topological polar surface area (TPSA) is 92.2 Å². The van der Waals surface area contributed by atoms with Crippen LogP contribution in [0.25, 0.3) is 0 Å². The minimum atomic E-state index is 0.0490. The van der Waals surface area contributed by atoms with Gasteiger partial charge in [-0.25, -0.2) is 4.98 Å². The highest BCUT2D eigenvalue weighted by atomic mass is 16.5. The van der Waals surface area contributed by atoms with Gasteiger partial charge in [-0.15, -0.1) is 0 Å². The van der Waals surface area contributed by atoms with Crippen molar-refractivity contribution in [3.63, 3.8) is 0 Å². The summed E-state index contributed by atoms with van der Waals surface area (Å²) in [4.78, 5) is 12.1. The zero-order chi connectivity index (χ0) is 16.5. The smallest absolute Gasteiger partial charge is 0.225 e. The number of ether oxygens (including phenoxy) is 1. The van der Waals surface area contributed by atoms with Gasteiger partial charge in [0.25, 0.3) is 0 Å². The quantitative estimate of drug-likeness (QED) is 0.799. The Morgan fingerprint density at radius 1 is 1.30 bits per heavy atom. The molecule has 2 aromatic heterocycles. The molecule has 3 N–H and O–H groups in total. The lowest BCUT2D eigenvalue weighted by Gasteiger charge is -2.23. The molecule has 7 nitrogen and oxygen atoms in total. The van der Waals surface area contributed by atoms with Gasteiger partial charge in [0, 0.05) is 25.5 Å². The van der Waals surface area contributed by atoms with Crippen LogP contribution < -0.4 is 10.6 Å². The second kappa shape index (κ2) is 8.89. The van der Waals surface area contributed by atoms with Crippen LogP contribution in [0.1, 0.15) is 18.5 Å². The fourth-order valence-electron chi connectivity index (χ4n) is 2.11. The molecule has 0 radical (unpaired) electrons. The van der Waals surface area contributed by atoms with E-state index >= 15 is 0 Å². The van der Waals surface area contributed by atoms with Gasteiger partial charge in [-0.05, 0) is 31.9 Å². The Balaban J connectivity index is 0.000000229. The van der Waals surface area contributed by atoms with Crippen molar-refractivity contribution in [2.24, 2.45) is 0 Å². The van der Waals surface area contributed by atoms with E-state index in [-0.39, 0.29) is 11.8 Å². The van der Waals surface area contributed by atoms with Crippen LogP contribution in [0.15, 0.2) is 30.6 Å². The molecule has 3 heterocycles. The molecule has 0 aromatic carbocycles. The summed E-state index contributed by atoms with van der Waals surface area (Å²) in [5.41, 5.74) is 1.07. The first-order valence-electron chi connectivity index (χ1n) is 7.64. The number of aromatic nitrogens is 3. The third kappa shape index (κ3) is 5.71. The summed E-state index contributed by atoms with van der Waals surface area (Å²) < 4.78 is 5.35. The van der Waals surface area contributed by atoms with E-state index in [0.29, 0.717) is 18.4 Å². The predicted octanol–water partition coefficient (Wildman–Crippen LogP) is 2.20. The van der Waals surface area contributed by atoms with Gasteiger partial charge in [0.15, 0.2) is 11.6 Å². The van der Waals surface area contributed by atoms with Gasteiger partial charge in [-0.3, -0.25) is 4.98 Å². The van der Waals surface area contributed by atoms with Crippen molar-refractivity contribution in [2.45, 2.75) is 25.8 Å². The minimum Gasteiger partial charge on any atom is -0.503 e. The molecule has 7 heteroatoms. The fraction of sp³-hybridized carbons (Fsp3) is 0.438. The van der Waals surface area contributed by atoms with E-state index in [0.717, 1.165) is 25.1 Å². The van der Waals surface area contributed by atoms with Crippen molar-refractivity contribution in [2.75, 3.05) is 30.9 Å². The second-order valence-electron chi connectivity index (χ2n) is 5.21. The number of pyridine rings is 1. The average molecular weight is 317 g/mol. The standard InChI is InChI=1S/C10H16N4O2.C6H7N/c1-11-9-8(15)5-12-10(14-9)13-7-3-2-4-16-6-7;1-6-4-2-3-5-7-6/h5,7,15H,2-4,6H2,1H3,(H2,11,12,13,14);2-5H,1H3. The number of aryl methyl sites for hydroxylation is 1. The first kappa shape index (κ1) is 17.0. The number of hydrogen-bond acceptors (Lipinski definition) is 7. The molecule has 1 aliphatic heterocycles. The van der Waals surface area contributed by atoms with Gasteiger partial charge in [0.1, 0.15) is 0 Å². The molecule has 0 spiro atoms. The Morgan fingerprint density at radius 3 is 2.74 bits per heavy atom. The maximum atomic E-state index is 9.40. The number of anilines is 2. The lowest BCUT2D eigenvalue weighted by atomic mass is 10.1. The summed E-state index contributed by atoms with van der Waals surface area (Å²) in [6.45, 7) is 3.48. The summed E-state index contributed by atoms with van der Waals surface area (Å²) in [7, 11) is 1.70. The molecule has 0 aliphatic carbocycles. The number of nitrogens with zero attached hydrogens (tertiary/aromatic N) is 3. The van der Waals surface area contributed by atoms with Crippen LogP contribution in [-0.4, -0.2) is 46.4 Å². The summed E-state index contributed by atoms with van der Waals surface area (Å²) >= 11 is 0. The zero-order valence-electron chi connectivity index (χ0n) is 13.5. The van der Waals surface area contributed by atoms with Crippen molar-refractivity contribution in [3.8, 4) is 5.75 Å². The summed E-state index contributed by atoms with van der Waals surface area (Å²) in [5, 5.41) is 15.4. The number of nitrogens with one attached hydrogen (secondary N) is 2.